The molecule has 2 heterocycles. The summed E-state index contributed by atoms with van der Waals surface area (Å²) in [7, 11) is 1.84. The van der Waals surface area contributed by atoms with Crippen LogP contribution in [0.15, 0.2) is 24.3 Å². The van der Waals surface area contributed by atoms with Crippen molar-refractivity contribution in [3.63, 3.8) is 0 Å². The Labute approximate surface area is 108 Å². The first-order chi connectivity index (χ1) is 8.75. The molecule has 1 amide bonds. The summed E-state index contributed by atoms with van der Waals surface area (Å²) in [6.07, 6.45) is 3.10. The van der Waals surface area contributed by atoms with E-state index in [-0.39, 0.29) is 5.91 Å². The monoisotopic (exact) mass is 245 g/mol. The van der Waals surface area contributed by atoms with Crippen molar-refractivity contribution in [1.82, 2.24) is 10.3 Å². The van der Waals surface area contributed by atoms with Crippen molar-refractivity contribution >= 4 is 11.6 Å². The van der Waals surface area contributed by atoms with E-state index >= 15 is 0 Å². The van der Waals surface area contributed by atoms with Gasteiger partial charge in [-0.05, 0) is 37.1 Å². The molecule has 18 heavy (non-hydrogen) atoms. The quantitative estimate of drug-likeness (QED) is 0.861. The molecule has 1 atom stereocenters. The Hall–Kier alpha value is -1.55. The summed E-state index contributed by atoms with van der Waals surface area (Å²) in [5, 5.41) is 7.25. The Morgan fingerprint density at radius 2 is 2.06 bits per heavy atom. The van der Waals surface area contributed by atoms with Gasteiger partial charge in [-0.2, -0.15) is 0 Å². The predicted molar refractivity (Wildman–Crippen MR) is 71.2 cm³/mol. The number of carbonyl (C=O) groups excluding carboxylic acids is 1. The third kappa shape index (κ3) is 1.97. The number of hydrogen-bond donors (Lipinski definition) is 1. The van der Waals surface area contributed by atoms with Crippen molar-refractivity contribution in [1.29, 1.82) is 0 Å². The number of amides is 1. The van der Waals surface area contributed by atoms with Crippen molar-refractivity contribution in [2.24, 2.45) is 0 Å². The van der Waals surface area contributed by atoms with Gasteiger partial charge in [0.15, 0.2) is 0 Å². The molecule has 1 unspecified atom stereocenters. The van der Waals surface area contributed by atoms with Crippen LogP contribution < -0.4 is 10.3 Å². The van der Waals surface area contributed by atoms with Gasteiger partial charge in [-0.15, -0.1) is 0 Å². The summed E-state index contributed by atoms with van der Waals surface area (Å²) >= 11 is 0. The molecular formula is C14H19N3O. The molecule has 1 N–H and O–H groups in total. The summed E-state index contributed by atoms with van der Waals surface area (Å²) < 4.78 is 0. The first-order valence-corrected chi connectivity index (χ1v) is 6.63. The van der Waals surface area contributed by atoms with Crippen molar-refractivity contribution in [3.05, 3.63) is 29.8 Å². The van der Waals surface area contributed by atoms with Gasteiger partial charge in [-0.25, -0.2) is 0 Å². The summed E-state index contributed by atoms with van der Waals surface area (Å²) in [6.45, 7) is 1.91. The zero-order valence-electron chi connectivity index (χ0n) is 10.7. The number of hydrogen-bond acceptors (Lipinski definition) is 3. The normalized spacial score (nSPS) is 24.1. The van der Waals surface area contributed by atoms with E-state index in [4.69, 9.17) is 0 Å². The number of hydrazine groups is 1. The van der Waals surface area contributed by atoms with Gasteiger partial charge in [-0.3, -0.25) is 14.8 Å². The van der Waals surface area contributed by atoms with Crippen LogP contribution in [0.5, 0.6) is 0 Å². The van der Waals surface area contributed by atoms with Crippen LogP contribution in [0.2, 0.25) is 0 Å². The Kier molecular flexibility index (Phi) is 2.96. The minimum absolute atomic E-state index is 0.191. The molecule has 1 aromatic rings. The van der Waals surface area contributed by atoms with Gasteiger partial charge in [0.1, 0.15) is 0 Å². The smallest absolute Gasteiger partial charge is 0.242 e. The van der Waals surface area contributed by atoms with Gasteiger partial charge in [0.05, 0.1) is 5.69 Å². The van der Waals surface area contributed by atoms with Crippen molar-refractivity contribution in [2.45, 2.75) is 25.3 Å². The summed E-state index contributed by atoms with van der Waals surface area (Å²) in [5.74, 6) is 0.191. The number of anilines is 1. The van der Waals surface area contributed by atoms with Gasteiger partial charge in [-0.1, -0.05) is 12.1 Å². The van der Waals surface area contributed by atoms with Crippen LogP contribution in [-0.2, 0) is 4.79 Å². The van der Waals surface area contributed by atoms with Crippen molar-refractivity contribution in [2.75, 3.05) is 25.1 Å². The van der Waals surface area contributed by atoms with Crippen molar-refractivity contribution < 1.29 is 4.79 Å². The van der Waals surface area contributed by atoms with Crippen molar-refractivity contribution in [3.8, 4) is 0 Å². The third-order valence-electron chi connectivity index (χ3n) is 3.91. The van der Waals surface area contributed by atoms with Crippen LogP contribution in [0.1, 0.15) is 30.9 Å². The zero-order chi connectivity index (χ0) is 12.5. The van der Waals surface area contributed by atoms with Crippen LogP contribution in [0, 0.1) is 0 Å². The number of benzene rings is 1. The van der Waals surface area contributed by atoms with Crippen LogP contribution in [0.3, 0.4) is 0 Å². The average Bonchev–Trinajstić information content (AvgIpc) is 3.02. The Bertz CT molecular complexity index is 437. The number of nitrogens with zero attached hydrogens (tertiary/aromatic N) is 2. The zero-order valence-corrected chi connectivity index (χ0v) is 10.7. The first kappa shape index (κ1) is 11.5. The molecule has 2 saturated heterocycles. The Morgan fingerprint density at radius 3 is 2.61 bits per heavy atom. The third-order valence-corrected chi connectivity index (χ3v) is 3.91. The minimum Gasteiger partial charge on any atom is -0.310 e. The number of nitrogens with one attached hydrogen (secondary N) is 1. The number of rotatable bonds is 2. The molecule has 2 aliphatic rings. The number of carbonyl (C=O) groups is 1. The van der Waals surface area contributed by atoms with Gasteiger partial charge in [0.25, 0.3) is 0 Å². The highest BCUT2D eigenvalue weighted by atomic mass is 16.2. The molecule has 4 nitrogen and oxygen atoms in total. The van der Waals surface area contributed by atoms with E-state index in [1.165, 1.54) is 18.4 Å². The van der Waals surface area contributed by atoms with E-state index in [0.717, 1.165) is 18.8 Å². The van der Waals surface area contributed by atoms with Gasteiger partial charge >= 0.3 is 0 Å². The summed E-state index contributed by atoms with van der Waals surface area (Å²) in [5.41, 5.74) is 2.45. The molecule has 0 saturated carbocycles. The van der Waals surface area contributed by atoms with E-state index in [2.05, 4.69) is 29.6 Å². The fourth-order valence-corrected chi connectivity index (χ4v) is 2.80. The molecule has 0 spiro atoms. The molecular weight excluding hydrogens is 226 g/mol. The standard InChI is InChI=1S/C14H19N3O/c1-16-14(18)8-10-17(16)12-6-4-11(5-7-12)13-3-2-9-15-13/h4-7,13,15H,2-3,8-10H2,1H3. The second-order valence-electron chi connectivity index (χ2n) is 5.03. The van der Waals surface area contributed by atoms with Gasteiger partial charge in [0, 0.05) is 26.1 Å². The van der Waals surface area contributed by atoms with E-state index in [1.807, 2.05) is 12.1 Å². The topological polar surface area (TPSA) is 35.6 Å². The molecule has 2 fully saturated rings. The minimum atomic E-state index is 0.191. The van der Waals surface area contributed by atoms with E-state index in [0.29, 0.717) is 12.5 Å². The lowest BCUT2D eigenvalue weighted by molar-refractivity contribution is -0.126. The highest BCUT2D eigenvalue weighted by Gasteiger charge is 2.25. The molecule has 0 aliphatic carbocycles. The SMILES string of the molecule is CN1C(=O)CCN1c1ccc(C2CCCN2)cc1. The van der Waals surface area contributed by atoms with E-state index < -0.39 is 0 Å². The maximum Gasteiger partial charge on any atom is 0.242 e. The molecule has 0 bridgehead atoms. The Morgan fingerprint density at radius 1 is 1.28 bits per heavy atom. The fraction of sp³-hybridized carbons (Fsp3) is 0.500. The Balaban J connectivity index is 1.76. The highest BCUT2D eigenvalue weighted by molar-refractivity contribution is 5.81. The maximum absolute atomic E-state index is 11.5. The average molecular weight is 245 g/mol. The van der Waals surface area contributed by atoms with Gasteiger partial charge < -0.3 is 5.32 Å². The summed E-state index contributed by atoms with van der Waals surface area (Å²) in [4.78, 5) is 11.5. The largest absolute Gasteiger partial charge is 0.310 e. The summed E-state index contributed by atoms with van der Waals surface area (Å²) in [6, 6.07) is 9.09. The fourth-order valence-electron chi connectivity index (χ4n) is 2.80. The first-order valence-electron chi connectivity index (χ1n) is 6.63. The molecule has 1 aromatic carbocycles. The van der Waals surface area contributed by atoms with Crippen LogP contribution in [0.25, 0.3) is 0 Å². The second kappa shape index (κ2) is 4.61. The molecule has 3 rings (SSSR count). The molecule has 2 aliphatic heterocycles. The maximum atomic E-state index is 11.5. The molecule has 96 valence electrons. The molecule has 0 radical (unpaired) electrons. The predicted octanol–water partition coefficient (Wildman–Crippen LogP) is 1.69. The van der Waals surface area contributed by atoms with Crippen LogP contribution in [0.4, 0.5) is 5.69 Å². The molecule has 0 aromatic heterocycles. The lowest BCUT2D eigenvalue weighted by Crippen LogP contribution is -2.35. The lowest BCUT2D eigenvalue weighted by Gasteiger charge is -2.26. The van der Waals surface area contributed by atoms with Crippen LogP contribution in [-0.4, -0.2) is 31.1 Å². The highest BCUT2D eigenvalue weighted by Crippen LogP contribution is 2.27. The molecule has 4 heteroatoms. The van der Waals surface area contributed by atoms with E-state index in [1.54, 1.807) is 5.01 Å². The lowest BCUT2D eigenvalue weighted by atomic mass is 10.1. The van der Waals surface area contributed by atoms with Gasteiger partial charge in [0.2, 0.25) is 5.91 Å². The second-order valence-corrected chi connectivity index (χ2v) is 5.03. The van der Waals surface area contributed by atoms with E-state index in [9.17, 15) is 4.79 Å². The van der Waals surface area contributed by atoms with Crippen LogP contribution >= 0.6 is 0 Å².